The maximum Gasteiger partial charge on any atom is 0.326 e. The van der Waals surface area contributed by atoms with Gasteiger partial charge in [0.25, 0.3) is 5.91 Å². The van der Waals surface area contributed by atoms with Crippen LogP contribution in [-0.4, -0.2) is 16.9 Å². The molecule has 0 atom stereocenters. The maximum absolute atomic E-state index is 11.1. The molecule has 0 saturated carbocycles. The largest absolute Gasteiger partial charge is 0.326 e. The van der Waals surface area contributed by atoms with Crippen LogP contribution in [0.5, 0.6) is 0 Å². The van der Waals surface area contributed by atoms with Crippen LogP contribution in [-0.2, 0) is 4.79 Å². The smallest absolute Gasteiger partial charge is 0.308 e. The molecule has 1 heterocycles. The number of urea groups is 1. The number of aromatic nitrogens is 1. The Morgan fingerprint density at radius 1 is 1.36 bits per heavy atom. The van der Waals surface area contributed by atoms with Crippen molar-refractivity contribution in [3.05, 3.63) is 37.2 Å². The molecule has 0 aliphatic heterocycles. The molecule has 0 radical (unpaired) electrons. The summed E-state index contributed by atoms with van der Waals surface area (Å²) in [4.78, 5) is 25.6. The molecule has 0 aromatic carbocycles. The average Bonchev–Trinajstić information content (AvgIpc) is 2.19. The topological polar surface area (TPSA) is 71.1 Å². The van der Waals surface area contributed by atoms with E-state index in [0.717, 1.165) is 6.08 Å². The van der Waals surface area contributed by atoms with Crippen molar-refractivity contribution in [2.45, 2.75) is 0 Å². The molecule has 0 saturated heterocycles. The summed E-state index contributed by atoms with van der Waals surface area (Å²) in [6, 6.07) is 2.62. The molecule has 0 bridgehead atoms. The SMILES string of the molecule is C=CC(=O)NC(=O)Nc1ccncc1. The number of nitrogens with zero attached hydrogens (tertiary/aromatic N) is 1. The Kier molecular flexibility index (Phi) is 3.37. The van der Waals surface area contributed by atoms with Gasteiger partial charge in [-0.2, -0.15) is 0 Å². The Morgan fingerprint density at radius 3 is 2.57 bits per heavy atom. The molecule has 5 heteroatoms. The maximum atomic E-state index is 11.1. The fraction of sp³-hybridized carbons (Fsp3) is 0. The Labute approximate surface area is 80.8 Å². The van der Waals surface area contributed by atoms with Crippen LogP contribution in [0.15, 0.2) is 37.2 Å². The average molecular weight is 191 g/mol. The van der Waals surface area contributed by atoms with E-state index in [1.54, 1.807) is 12.1 Å². The van der Waals surface area contributed by atoms with Crippen LogP contribution in [0.1, 0.15) is 0 Å². The van der Waals surface area contributed by atoms with Gasteiger partial charge in [0.1, 0.15) is 0 Å². The number of hydrogen-bond donors (Lipinski definition) is 2. The summed E-state index contributed by atoms with van der Waals surface area (Å²) in [5.41, 5.74) is 0.564. The van der Waals surface area contributed by atoms with E-state index in [1.165, 1.54) is 12.4 Å². The monoisotopic (exact) mass is 191 g/mol. The zero-order valence-corrected chi connectivity index (χ0v) is 7.36. The van der Waals surface area contributed by atoms with Crippen molar-refractivity contribution in [1.29, 1.82) is 0 Å². The Morgan fingerprint density at radius 2 is 2.00 bits per heavy atom. The van der Waals surface area contributed by atoms with E-state index in [2.05, 4.69) is 22.2 Å². The van der Waals surface area contributed by atoms with Crippen LogP contribution in [0, 0.1) is 0 Å². The molecule has 0 unspecified atom stereocenters. The van der Waals surface area contributed by atoms with E-state index < -0.39 is 11.9 Å². The number of amides is 3. The number of anilines is 1. The van der Waals surface area contributed by atoms with Gasteiger partial charge in [-0.25, -0.2) is 4.79 Å². The molecule has 1 rings (SSSR count). The van der Waals surface area contributed by atoms with Crippen LogP contribution < -0.4 is 10.6 Å². The molecule has 0 aliphatic carbocycles. The Bertz CT molecular complexity index is 348. The minimum absolute atomic E-state index is 0.545. The first kappa shape index (κ1) is 9.91. The van der Waals surface area contributed by atoms with Crippen molar-refractivity contribution in [3.63, 3.8) is 0 Å². The molecule has 3 amide bonds. The summed E-state index contributed by atoms with van der Waals surface area (Å²) in [6.07, 6.45) is 4.09. The van der Waals surface area contributed by atoms with E-state index in [1.807, 2.05) is 0 Å². The van der Waals surface area contributed by atoms with E-state index in [-0.39, 0.29) is 0 Å². The highest BCUT2D eigenvalue weighted by molar-refractivity contribution is 6.04. The molecule has 1 aromatic rings. The predicted molar refractivity (Wildman–Crippen MR) is 51.6 cm³/mol. The van der Waals surface area contributed by atoms with E-state index in [9.17, 15) is 9.59 Å². The fourth-order valence-electron chi connectivity index (χ4n) is 0.761. The predicted octanol–water partition coefficient (Wildman–Crippen LogP) is 0.916. The van der Waals surface area contributed by atoms with Crippen molar-refractivity contribution < 1.29 is 9.59 Å². The molecule has 2 N–H and O–H groups in total. The van der Waals surface area contributed by atoms with Crippen LogP contribution in [0.2, 0.25) is 0 Å². The van der Waals surface area contributed by atoms with Gasteiger partial charge in [0.2, 0.25) is 0 Å². The van der Waals surface area contributed by atoms with Crippen molar-refractivity contribution in [3.8, 4) is 0 Å². The molecule has 0 aliphatic rings. The lowest BCUT2D eigenvalue weighted by molar-refractivity contribution is -0.115. The minimum Gasteiger partial charge on any atom is -0.308 e. The number of nitrogens with one attached hydrogen (secondary N) is 2. The molecule has 0 fully saturated rings. The quantitative estimate of drug-likeness (QED) is 0.682. The highest BCUT2D eigenvalue weighted by Crippen LogP contribution is 2.01. The second-order valence-corrected chi connectivity index (χ2v) is 2.38. The summed E-state index contributed by atoms with van der Waals surface area (Å²) in [5, 5.41) is 4.50. The van der Waals surface area contributed by atoms with E-state index in [4.69, 9.17) is 0 Å². The lowest BCUT2D eigenvalue weighted by atomic mass is 10.4. The molecule has 1 aromatic heterocycles. The third kappa shape index (κ3) is 3.06. The summed E-state index contributed by atoms with van der Waals surface area (Å²) < 4.78 is 0. The second kappa shape index (κ2) is 4.76. The van der Waals surface area contributed by atoms with E-state index >= 15 is 0 Å². The molecule has 0 spiro atoms. The van der Waals surface area contributed by atoms with Gasteiger partial charge in [0.05, 0.1) is 0 Å². The lowest BCUT2D eigenvalue weighted by Crippen LogP contribution is -2.32. The van der Waals surface area contributed by atoms with Gasteiger partial charge < -0.3 is 5.32 Å². The van der Waals surface area contributed by atoms with Crippen LogP contribution >= 0.6 is 0 Å². The van der Waals surface area contributed by atoms with Crippen molar-refractivity contribution >= 4 is 17.6 Å². The summed E-state index contributed by atoms with van der Waals surface area (Å²) in [5.74, 6) is -0.545. The van der Waals surface area contributed by atoms with Gasteiger partial charge in [0.15, 0.2) is 0 Å². The first-order valence-corrected chi connectivity index (χ1v) is 3.87. The first-order valence-electron chi connectivity index (χ1n) is 3.87. The van der Waals surface area contributed by atoms with Crippen LogP contribution in [0.25, 0.3) is 0 Å². The van der Waals surface area contributed by atoms with Crippen molar-refractivity contribution in [2.75, 3.05) is 5.32 Å². The van der Waals surface area contributed by atoms with Gasteiger partial charge in [-0.1, -0.05) is 6.58 Å². The second-order valence-electron chi connectivity index (χ2n) is 2.38. The Hall–Kier alpha value is -2.17. The highest BCUT2D eigenvalue weighted by atomic mass is 16.2. The lowest BCUT2D eigenvalue weighted by Gasteiger charge is -2.03. The Balaban J connectivity index is 2.50. The molecule has 14 heavy (non-hydrogen) atoms. The number of carbonyl (C=O) groups excluding carboxylic acids is 2. The number of rotatable bonds is 2. The van der Waals surface area contributed by atoms with Crippen LogP contribution in [0.4, 0.5) is 10.5 Å². The van der Waals surface area contributed by atoms with Crippen molar-refractivity contribution in [1.82, 2.24) is 10.3 Å². The van der Waals surface area contributed by atoms with Gasteiger partial charge in [-0.15, -0.1) is 0 Å². The molecule has 5 nitrogen and oxygen atoms in total. The summed E-state index contributed by atoms with van der Waals surface area (Å²) in [6.45, 7) is 3.22. The molecular formula is C9H9N3O2. The zero-order valence-electron chi connectivity index (χ0n) is 7.36. The third-order valence-electron chi connectivity index (χ3n) is 1.36. The molecular weight excluding hydrogens is 182 g/mol. The standard InChI is InChI=1S/C9H9N3O2/c1-2-8(13)12-9(14)11-7-3-5-10-6-4-7/h2-6H,1H2,(H2,10,11,12,13,14). The highest BCUT2D eigenvalue weighted by Gasteiger charge is 2.03. The summed E-state index contributed by atoms with van der Waals surface area (Å²) in [7, 11) is 0. The van der Waals surface area contributed by atoms with Crippen LogP contribution in [0.3, 0.4) is 0 Å². The number of carbonyl (C=O) groups is 2. The zero-order chi connectivity index (χ0) is 10.4. The normalized spacial score (nSPS) is 8.86. The van der Waals surface area contributed by atoms with Gasteiger partial charge in [-0.05, 0) is 18.2 Å². The van der Waals surface area contributed by atoms with Gasteiger partial charge >= 0.3 is 6.03 Å². The number of imide groups is 1. The fourth-order valence-corrected chi connectivity index (χ4v) is 0.761. The van der Waals surface area contributed by atoms with Crippen molar-refractivity contribution in [2.24, 2.45) is 0 Å². The number of hydrogen-bond acceptors (Lipinski definition) is 3. The first-order chi connectivity index (χ1) is 6.72. The number of pyridine rings is 1. The minimum atomic E-state index is -0.596. The van der Waals surface area contributed by atoms with E-state index in [0.29, 0.717) is 5.69 Å². The summed E-state index contributed by atoms with van der Waals surface area (Å²) >= 11 is 0. The third-order valence-corrected chi connectivity index (χ3v) is 1.36. The van der Waals surface area contributed by atoms with Gasteiger partial charge in [-0.3, -0.25) is 15.1 Å². The molecule has 72 valence electrons. The van der Waals surface area contributed by atoms with Gasteiger partial charge in [0, 0.05) is 18.1 Å².